The quantitative estimate of drug-likeness (QED) is 0.718. The number of rotatable bonds is 4. The van der Waals surface area contributed by atoms with Crippen LogP contribution < -0.4 is 4.74 Å². The smallest absolute Gasteiger partial charge is 0.167 e. The van der Waals surface area contributed by atoms with Crippen LogP contribution in [0.5, 0.6) is 5.75 Å². The van der Waals surface area contributed by atoms with Crippen LogP contribution in [0.4, 0.5) is 0 Å². The van der Waals surface area contributed by atoms with Crippen LogP contribution in [0.15, 0.2) is 51.4 Å². The van der Waals surface area contributed by atoms with Gasteiger partial charge in [0.25, 0.3) is 0 Å². The second-order valence-electron chi connectivity index (χ2n) is 4.08. The molecule has 2 rings (SSSR count). The van der Waals surface area contributed by atoms with Crippen LogP contribution in [-0.4, -0.2) is 12.9 Å². The lowest BCUT2D eigenvalue weighted by Gasteiger charge is -2.06. The van der Waals surface area contributed by atoms with Crippen molar-refractivity contribution in [2.45, 2.75) is 6.42 Å². The predicted octanol–water partition coefficient (Wildman–Crippen LogP) is 4.65. The molecule has 0 aliphatic carbocycles. The molecule has 0 aliphatic heterocycles. The van der Waals surface area contributed by atoms with Crippen LogP contribution in [0, 0.1) is 0 Å². The molecule has 0 saturated heterocycles. The summed E-state index contributed by atoms with van der Waals surface area (Å²) < 4.78 is 6.99. The van der Waals surface area contributed by atoms with Gasteiger partial charge in [-0.15, -0.1) is 0 Å². The summed E-state index contributed by atoms with van der Waals surface area (Å²) in [6, 6.07) is 13.1. The number of ether oxygens (including phenoxy) is 1. The van der Waals surface area contributed by atoms with E-state index in [4.69, 9.17) is 4.74 Å². The van der Waals surface area contributed by atoms with E-state index in [2.05, 4.69) is 31.9 Å². The number of hydrogen-bond acceptors (Lipinski definition) is 2. The minimum Gasteiger partial charge on any atom is -0.496 e. The second-order valence-corrected chi connectivity index (χ2v) is 5.85. The molecule has 0 atom stereocenters. The van der Waals surface area contributed by atoms with Gasteiger partial charge in [-0.25, -0.2) is 0 Å². The standard InChI is InChI=1S/C15H12Br2O2/c1-19-15-7-2-10(8-13(15)17)9-14(18)11-3-5-12(16)6-4-11/h2-8H,9H2,1H3. The molecule has 0 aliphatic rings. The monoisotopic (exact) mass is 382 g/mol. The maximum atomic E-state index is 12.1. The van der Waals surface area contributed by atoms with E-state index < -0.39 is 0 Å². The Bertz CT molecular complexity index is 592. The molecule has 19 heavy (non-hydrogen) atoms. The Morgan fingerprint density at radius 1 is 1.11 bits per heavy atom. The molecule has 0 spiro atoms. The van der Waals surface area contributed by atoms with Crippen LogP contribution in [0.1, 0.15) is 15.9 Å². The van der Waals surface area contributed by atoms with Gasteiger partial charge >= 0.3 is 0 Å². The van der Waals surface area contributed by atoms with Crippen molar-refractivity contribution in [2.75, 3.05) is 7.11 Å². The number of carbonyl (C=O) groups is 1. The maximum Gasteiger partial charge on any atom is 0.167 e. The van der Waals surface area contributed by atoms with Crippen LogP contribution in [0.3, 0.4) is 0 Å². The van der Waals surface area contributed by atoms with E-state index in [0.29, 0.717) is 6.42 Å². The third kappa shape index (κ3) is 3.67. The fourth-order valence-corrected chi connectivity index (χ4v) is 2.60. The fourth-order valence-electron chi connectivity index (χ4n) is 1.74. The van der Waals surface area contributed by atoms with E-state index in [1.165, 1.54) is 0 Å². The van der Waals surface area contributed by atoms with Gasteiger partial charge in [0.05, 0.1) is 11.6 Å². The van der Waals surface area contributed by atoms with Crippen LogP contribution >= 0.6 is 31.9 Å². The summed E-state index contributed by atoms with van der Waals surface area (Å²) in [7, 11) is 1.62. The van der Waals surface area contributed by atoms with Crippen molar-refractivity contribution >= 4 is 37.6 Å². The molecule has 0 unspecified atom stereocenters. The lowest BCUT2D eigenvalue weighted by Crippen LogP contribution is -2.03. The zero-order chi connectivity index (χ0) is 13.8. The number of ketones is 1. The Hall–Kier alpha value is -1.13. The van der Waals surface area contributed by atoms with Gasteiger partial charge in [-0.2, -0.15) is 0 Å². The van der Waals surface area contributed by atoms with Crippen LogP contribution in [0.25, 0.3) is 0 Å². The molecule has 2 aromatic carbocycles. The first kappa shape index (κ1) is 14.3. The van der Waals surface area contributed by atoms with Crippen molar-refractivity contribution < 1.29 is 9.53 Å². The van der Waals surface area contributed by atoms with Crippen molar-refractivity contribution in [3.05, 3.63) is 62.5 Å². The van der Waals surface area contributed by atoms with Crippen molar-refractivity contribution in [3.8, 4) is 5.75 Å². The van der Waals surface area contributed by atoms with Gasteiger partial charge in [0.1, 0.15) is 5.75 Å². The molecule has 0 heterocycles. The molecular weight excluding hydrogens is 372 g/mol. The topological polar surface area (TPSA) is 26.3 Å². The molecule has 2 aromatic rings. The zero-order valence-electron chi connectivity index (χ0n) is 10.3. The number of benzene rings is 2. The van der Waals surface area contributed by atoms with Gasteiger partial charge in [-0.1, -0.05) is 34.1 Å². The Kier molecular flexibility index (Phi) is 4.77. The summed E-state index contributed by atoms with van der Waals surface area (Å²) >= 11 is 6.78. The average Bonchev–Trinajstić information content (AvgIpc) is 2.39. The highest BCUT2D eigenvalue weighted by Crippen LogP contribution is 2.26. The summed E-state index contributed by atoms with van der Waals surface area (Å²) in [5, 5.41) is 0. The van der Waals surface area contributed by atoms with Crippen molar-refractivity contribution in [1.29, 1.82) is 0 Å². The van der Waals surface area contributed by atoms with E-state index in [1.54, 1.807) is 7.11 Å². The van der Waals surface area contributed by atoms with Crippen LogP contribution in [-0.2, 0) is 6.42 Å². The summed E-state index contributed by atoms with van der Waals surface area (Å²) in [5.74, 6) is 0.865. The molecule has 4 heteroatoms. The second kappa shape index (κ2) is 6.35. The molecule has 0 fully saturated rings. The first-order valence-corrected chi connectivity index (χ1v) is 7.30. The van der Waals surface area contributed by atoms with Crippen molar-refractivity contribution in [1.82, 2.24) is 0 Å². The van der Waals surface area contributed by atoms with E-state index in [0.717, 1.165) is 25.8 Å². The Balaban J connectivity index is 2.14. The first-order chi connectivity index (χ1) is 9.10. The number of Topliss-reactive ketones (excluding diaryl/α,β-unsaturated/α-hetero) is 1. The van der Waals surface area contributed by atoms with Crippen LogP contribution in [0.2, 0.25) is 0 Å². The van der Waals surface area contributed by atoms with Gasteiger partial charge in [0.2, 0.25) is 0 Å². The highest BCUT2D eigenvalue weighted by atomic mass is 79.9. The number of methoxy groups -OCH3 is 1. The minimum atomic E-state index is 0.101. The number of hydrogen-bond donors (Lipinski definition) is 0. The molecule has 2 nitrogen and oxygen atoms in total. The first-order valence-electron chi connectivity index (χ1n) is 5.71. The molecule has 0 aromatic heterocycles. The van der Waals surface area contributed by atoms with Gasteiger partial charge in [-0.3, -0.25) is 4.79 Å². The number of halogens is 2. The molecule has 0 radical (unpaired) electrons. The van der Waals surface area contributed by atoms with Gasteiger partial charge in [-0.05, 0) is 45.8 Å². The lowest BCUT2D eigenvalue weighted by atomic mass is 10.0. The van der Waals surface area contributed by atoms with Gasteiger partial charge in [0, 0.05) is 16.5 Å². The summed E-state index contributed by atoms with van der Waals surface area (Å²) in [6.45, 7) is 0. The largest absolute Gasteiger partial charge is 0.496 e. The maximum absolute atomic E-state index is 12.1. The SMILES string of the molecule is COc1ccc(CC(=O)c2ccc(Br)cc2)cc1Br. The molecule has 0 N–H and O–H groups in total. The normalized spacial score (nSPS) is 10.3. The highest BCUT2D eigenvalue weighted by Gasteiger charge is 2.08. The Morgan fingerprint density at radius 2 is 1.79 bits per heavy atom. The minimum absolute atomic E-state index is 0.101. The van der Waals surface area contributed by atoms with Crippen molar-refractivity contribution in [2.24, 2.45) is 0 Å². The molecule has 0 bridgehead atoms. The van der Waals surface area contributed by atoms with E-state index in [9.17, 15) is 4.79 Å². The van der Waals surface area contributed by atoms with Gasteiger partial charge < -0.3 is 4.74 Å². The predicted molar refractivity (Wildman–Crippen MR) is 82.9 cm³/mol. The average molecular weight is 384 g/mol. The Morgan fingerprint density at radius 3 is 2.37 bits per heavy atom. The molecule has 0 saturated carbocycles. The molecular formula is C15H12Br2O2. The third-order valence-electron chi connectivity index (χ3n) is 2.75. The Labute approximate surface area is 129 Å². The summed E-state index contributed by atoms with van der Waals surface area (Å²) in [6.07, 6.45) is 0.379. The summed E-state index contributed by atoms with van der Waals surface area (Å²) in [4.78, 5) is 12.1. The molecule has 0 amide bonds. The summed E-state index contributed by atoms with van der Waals surface area (Å²) in [5.41, 5.74) is 1.68. The molecule has 98 valence electrons. The van der Waals surface area contributed by atoms with Gasteiger partial charge in [0.15, 0.2) is 5.78 Å². The van der Waals surface area contributed by atoms with E-state index in [-0.39, 0.29) is 5.78 Å². The van der Waals surface area contributed by atoms with E-state index in [1.807, 2.05) is 42.5 Å². The fraction of sp³-hybridized carbons (Fsp3) is 0.133. The lowest BCUT2D eigenvalue weighted by molar-refractivity contribution is 0.0993. The van der Waals surface area contributed by atoms with Crippen molar-refractivity contribution in [3.63, 3.8) is 0 Å². The highest BCUT2D eigenvalue weighted by molar-refractivity contribution is 9.10. The van der Waals surface area contributed by atoms with E-state index >= 15 is 0 Å². The zero-order valence-corrected chi connectivity index (χ0v) is 13.5. The number of carbonyl (C=O) groups excluding carboxylic acids is 1. The third-order valence-corrected chi connectivity index (χ3v) is 3.90.